The lowest BCUT2D eigenvalue weighted by Gasteiger charge is -2.17. The molecule has 0 bridgehead atoms. The van der Waals surface area contributed by atoms with E-state index in [9.17, 15) is 9.59 Å². The van der Waals surface area contributed by atoms with Crippen LogP contribution in [0.1, 0.15) is 17.5 Å². The molecule has 0 saturated carbocycles. The van der Waals surface area contributed by atoms with Crippen LogP contribution in [0.15, 0.2) is 72.8 Å². The standard InChI is InChI=1S/C26H25ClN2O4/c1-32-23-10-4-18(5-11-23)15-28-26(31)20-14-25(30)29(16-20)22-8-12-24(13-9-22)33-17-19-2-6-21(27)7-3-19/h2-13,20H,14-17H2,1H3,(H,28,31)/t20-/m0/s1. The molecule has 6 nitrogen and oxygen atoms in total. The van der Waals surface area contributed by atoms with Crippen LogP contribution < -0.4 is 19.7 Å². The van der Waals surface area contributed by atoms with Crippen molar-refractivity contribution in [2.24, 2.45) is 5.92 Å². The number of hydrogen-bond donors (Lipinski definition) is 1. The van der Waals surface area contributed by atoms with Crippen molar-refractivity contribution in [1.29, 1.82) is 0 Å². The first-order valence-electron chi connectivity index (χ1n) is 10.7. The zero-order chi connectivity index (χ0) is 23.2. The van der Waals surface area contributed by atoms with Crippen molar-refractivity contribution in [3.63, 3.8) is 0 Å². The topological polar surface area (TPSA) is 67.9 Å². The average Bonchev–Trinajstić information content (AvgIpc) is 3.24. The van der Waals surface area contributed by atoms with Crippen LogP contribution in [-0.2, 0) is 22.7 Å². The van der Waals surface area contributed by atoms with Crippen LogP contribution in [0.2, 0.25) is 5.02 Å². The minimum Gasteiger partial charge on any atom is -0.497 e. The maximum atomic E-state index is 12.6. The van der Waals surface area contributed by atoms with Gasteiger partial charge in [-0.1, -0.05) is 35.9 Å². The van der Waals surface area contributed by atoms with Gasteiger partial charge >= 0.3 is 0 Å². The second kappa shape index (κ2) is 10.4. The summed E-state index contributed by atoms with van der Waals surface area (Å²) in [4.78, 5) is 26.8. The Kier molecular flexibility index (Phi) is 7.15. The molecule has 2 amide bonds. The molecule has 4 rings (SSSR count). The summed E-state index contributed by atoms with van der Waals surface area (Å²) in [5.41, 5.74) is 2.74. The fraction of sp³-hybridized carbons (Fsp3) is 0.231. The SMILES string of the molecule is COc1ccc(CNC(=O)[C@H]2CC(=O)N(c3ccc(OCc4ccc(Cl)cc4)cc3)C2)cc1. The van der Waals surface area contributed by atoms with Crippen LogP contribution in [-0.4, -0.2) is 25.5 Å². The molecule has 1 heterocycles. The molecule has 1 aliphatic heterocycles. The summed E-state index contributed by atoms with van der Waals surface area (Å²) in [5.74, 6) is 0.910. The Labute approximate surface area is 198 Å². The first-order valence-corrected chi connectivity index (χ1v) is 11.1. The van der Waals surface area contributed by atoms with E-state index in [1.807, 2.05) is 72.8 Å². The van der Waals surface area contributed by atoms with Crippen LogP contribution in [0, 0.1) is 5.92 Å². The summed E-state index contributed by atoms with van der Waals surface area (Å²) in [6.07, 6.45) is 0.198. The van der Waals surface area contributed by atoms with E-state index >= 15 is 0 Å². The molecule has 0 aromatic heterocycles. The van der Waals surface area contributed by atoms with Gasteiger partial charge in [-0.05, 0) is 59.7 Å². The highest BCUT2D eigenvalue weighted by Gasteiger charge is 2.35. The Hall–Kier alpha value is -3.51. The summed E-state index contributed by atoms with van der Waals surface area (Å²) >= 11 is 5.90. The van der Waals surface area contributed by atoms with Gasteiger partial charge in [-0.25, -0.2) is 0 Å². The molecule has 1 saturated heterocycles. The summed E-state index contributed by atoms with van der Waals surface area (Å²) < 4.78 is 10.9. The third-order valence-corrected chi connectivity index (χ3v) is 5.84. The predicted molar refractivity (Wildman–Crippen MR) is 128 cm³/mol. The minimum atomic E-state index is -0.378. The summed E-state index contributed by atoms with van der Waals surface area (Å²) in [6, 6.07) is 22.3. The highest BCUT2D eigenvalue weighted by Crippen LogP contribution is 2.27. The lowest BCUT2D eigenvalue weighted by atomic mass is 10.1. The smallest absolute Gasteiger partial charge is 0.227 e. The monoisotopic (exact) mass is 464 g/mol. The minimum absolute atomic E-state index is 0.0607. The van der Waals surface area contributed by atoms with E-state index in [4.69, 9.17) is 21.1 Å². The van der Waals surface area contributed by atoms with Gasteiger partial charge in [0.25, 0.3) is 0 Å². The van der Waals surface area contributed by atoms with E-state index in [1.54, 1.807) is 12.0 Å². The number of benzene rings is 3. The normalized spacial score (nSPS) is 15.4. The van der Waals surface area contributed by atoms with Gasteiger partial charge in [-0.2, -0.15) is 0 Å². The van der Waals surface area contributed by atoms with Crippen molar-refractivity contribution in [2.45, 2.75) is 19.6 Å². The molecule has 0 radical (unpaired) electrons. The van der Waals surface area contributed by atoms with Crippen LogP contribution in [0.3, 0.4) is 0 Å². The molecule has 3 aromatic carbocycles. The van der Waals surface area contributed by atoms with Crippen molar-refractivity contribution in [2.75, 3.05) is 18.6 Å². The van der Waals surface area contributed by atoms with E-state index in [0.717, 1.165) is 22.6 Å². The Morgan fingerprint density at radius 3 is 2.27 bits per heavy atom. The number of nitrogens with one attached hydrogen (secondary N) is 1. The fourth-order valence-electron chi connectivity index (χ4n) is 3.68. The second-order valence-electron chi connectivity index (χ2n) is 7.88. The Balaban J connectivity index is 1.29. The maximum absolute atomic E-state index is 12.6. The zero-order valence-corrected chi connectivity index (χ0v) is 19.0. The summed E-state index contributed by atoms with van der Waals surface area (Å²) in [5, 5.41) is 3.62. The first-order chi connectivity index (χ1) is 16.0. The molecule has 1 fully saturated rings. The van der Waals surface area contributed by atoms with Crippen molar-refractivity contribution in [3.8, 4) is 11.5 Å². The summed E-state index contributed by atoms with van der Waals surface area (Å²) in [7, 11) is 1.61. The number of anilines is 1. The van der Waals surface area contributed by atoms with Gasteiger partial charge in [0.2, 0.25) is 11.8 Å². The van der Waals surface area contributed by atoms with E-state index in [0.29, 0.717) is 30.5 Å². The Morgan fingerprint density at radius 2 is 1.61 bits per heavy atom. The number of rotatable bonds is 8. The van der Waals surface area contributed by atoms with Crippen molar-refractivity contribution in [3.05, 3.63) is 88.9 Å². The number of hydrogen-bond acceptors (Lipinski definition) is 4. The van der Waals surface area contributed by atoms with Crippen molar-refractivity contribution < 1.29 is 19.1 Å². The maximum Gasteiger partial charge on any atom is 0.227 e. The summed E-state index contributed by atoms with van der Waals surface area (Å²) in [6.45, 7) is 1.20. The second-order valence-corrected chi connectivity index (χ2v) is 8.32. The largest absolute Gasteiger partial charge is 0.497 e. The van der Waals surface area contributed by atoms with E-state index in [2.05, 4.69) is 5.32 Å². The van der Waals surface area contributed by atoms with Gasteiger partial charge < -0.3 is 19.7 Å². The van der Waals surface area contributed by atoms with Gasteiger partial charge in [-0.15, -0.1) is 0 Å². The molecule has 170 valence electrons. The van der Waals surface area contributed by atoms with E-state index in [-0.39, 0.29) is 24.2 Å². The van der Waals surface area contributed by atoms with Crippen molar-refractivity contribution >= 4 is 29.1 Å². The molecule has 1 N–H and O–H groups in total. The fourth-order valence-corrected chi connectivity index (χ4v) is 3.81. The Morgan fingerprint density at radius 1 is 0.970 bits per heavy atom. The van der Waals surface area contributed by atoms with Gasteiger partial charge in [0.1, 0.15) is 18.1 Å². The van der Waals surface area contributed by atoms with Crippen LogP contribution in [0.4, 0.5) is 5.69 Å². The van der Waals surface area contributed by atoms with E-state index < -0.39 is 0 Å². The molecular formula is C26H25ClN2O4. The first kappa shape index (κ1) is 22.7. The van der Waals surface area contributed by atoms with Gasteiger partial charge in [0.05, 0.1) is 13.0 Å². The molecule has 1 atom stereocenters. The number of ether oxygens (including phenoxy) is 2. The lowest BCUT2D eigenvalue weighted by molar-refractivity contribution is -0.126. The molecular weight excluding hydrogens is 440 g/mol. The van der Waals surface area contributed by atoms with Crippen LogP contribution >= 0.6 is 11.6 Å². The number of methoxy groups -OCH3 is 1. The average molecular weight is 465 g/mol. The molecule has 0 aliphatic carbocycles. The Bertz CT molecular complexity index is 1100. The highest BCUT2D eigenvalue weighted by atomic mass is 35.5. The molecule has 1 aliphatic rings. The molecule has 0 spiro atoms. The molecule has 7 heteroatoms. The zero-order valence-electron chi connectivity index (χ0n) is 18.3. The highest BCUT2D eigenvalue weighted by molar-refractivity contribution is 6.30. The van der Waals surface area contributed by atoms with Gasteiger partial charge in [0.15, 0.2) is 0 Å². The van der Waals surface area contributed by atoms with Gasteiger partial charge in [-0.3, -0.25) is 9.59 Å². The molecule has 33 heavy (non-hydrogen) atoms. The number of nitrogens with zero attached hydrogens (tertiary/aromatic N) is 1. The van der Waals surface area contributed by atoms with E-state index in [1.165, 1.54) is 0 Å². The van der Waals surface area contributed by atoms with Crippen LogP contribution in [0.5, 0.6) is 11.5 Å². The number of amides is 2. The third kappa shape index (κ3) is 5.84. The van der Waals surface area contributed by atoms with Crippen LogP contribution in [0.25, 0.3) is 0 Å². The number of halogens is 1. The van der Waals surface area contributed by atoms with Crippen molar-refractivity contribution in [1.82, 2.24) is 5.32 Å². The third-order valence-electron chi connectivity index (χ3n) is 5.59. The lowest BCUT2D eigenvalue weighted by Crippen LogP contribution is -2.32. The number of carbonyl (C=O) groups is 2. The predicted octanol–water partition coefficient (Wildman–Crippen LogP) is 4.60. The molecule has 3 aromatic rings. The van der Waals surface area contributed by atoms with Gasteiger partial charge in [0, 0.05) is 30.2 Å². The molecule has 0 unspecified atom stereocenters. The number of carbonyl (C=O) groups excluding carboxylic acids is 2. The quantitative estimate of drug-likeness (QED) is 0.529.